The minimum Gasteiger partial charge on any atom is -0.482 e. The fraction of sp³-hybridized carbons (Fsp3) is 0.316. The molecule has 0 fully saturated rings. The van der Waals surface area contributed by atoms with Crippen LogP contribution in [-0.2, 0) is 14.3 Å². The highest BCUT2D eigenvalue weighted by molar-refractivity contribution is 5.86. The van der Waals surface area contributed by atoms with Gasteiger partial charge in [-0.3, -0.25) is 9.78 Å². The topological polar surface area (TPSA) is 104 Å². The lowest BCUT2D eigenvalue weighted by molar-refractivity contribution is -0.149. The molecule has 0 aliphatic rings. The monoisotopic (exact) mass is 393 g/mol. The average Bonchev–Trinajstić information content (AvgIpc) is 2.66. The molecule has 27 heavy (non-hydrogen) atoms. The summed E-state index contributed by atoms with van der Waals surface area (Å²) in [6, 6.07) is 11.3. The molecule has 0 spiro atoms. The highest BCUT2D eigenvalue weighted by Crippen LogP contribution is 2.21. The number of para-hydroxylation sites is 1. The first-order chi connectivity index (χ1) is 12.5. The molecule has 0 aliphatic carbocycles. The van der Waals surface area contributed by atoms with Gasteiger partial charge in [-0.2, -0.15) is 0 Å². The van der Waals surface area contributed by atoms with Crippen LogP contribution in [0.5, 0.6) is 5.75 Å². The second-order valence-electron chi connectivity index (χ2n) is 5.85. The minimum absolute atomic E-state index is 0. The number of rotatable bonds is 8. The Hall–Kier alpha value is -2.64. The molecule has 8 heteroatoms. The Bertz CT molecular complexity index is 713. The zero-order valence-electron chi connectivity index (χ0n) is 15.2. The van der Waals surface area contributed by atoms with Gasteiger partial charge in [-0.15, -0.1) is 12.4 Å². The fourth-order valence-electron chi connectivity index (χ4n) is 2.13. The van der Waals surface area contributed by atoms with Crippen molar-refractivity contribution in [3.05, 3.63) is 60.4 Å². The Labute approximate surface area is 164 Å². The summed E-state index contributed by atoms with van der Waals surface area (Å²) in [7, 11) is 0. The van der Waals surface area contributed by atoms with E-state index in [1.165, 1.54) is 0 Å². The second-order valence-corrected chi connectivity index (χ2v) is 5.85. The van der Waals surface area contributed by atoms with Gasteiger partial charge >= 0.3 is 5.97 Å². The van der Waals surface area contributed by atoms with E-state index in [4.69, 9.17) is 15.2 Å². The number of nitrogens with one attached hydrogen (secondary N) is 1. The molecule has 146 valence electrons. The number of pyridine rings is 1. The third-order valence-electron chi connectivity index (χ3n) is 3.60. The van der Waals surface area contributed by atoms with Gasteiger partial charge in [-0.25, -0.2) is 4.79 Å². The largest absolute Gasteiger partial charge is 0.482 e. The number of halogens is 1. The minimum atomic E-state index is -0.802. The molecule has 0 bridgehead atoms. The zero-order valence-corrected chi connectivity index (χ0v) is 16.0. The Morgan fingerprint density at radius 3 is 2.33 bits per heavy atom. The van der Waals surface area contributed by atoms with Gasteiger partial charge in [-0.1, -0.05) is 18.2 Å². The molecule has 0 aliphatic heterocycles. The van der Waals surface area contributed by atoms with E-state index in [0.717, 1.165) is 5.56 Å². The molecule has 7 nitrogen and oxygen atoms in total. The molecule has 1 heterocycles. The molecule has 0 saturated carbocycles. The summed E-state index contributed by atoms with van der Waals surface area (Å²) in [5.41, 5.74) is 6.30. The van der Waals surface area contributed by atoms with E-state index in [2.05, 4.69) is 10.3 Å². The molecule has 0 radical (unpaired) electrons. The fourth-order valence-corrected chi connectivity index (χ4v) is 2.13. The second kappa shape index (κ2) is 11.2. The van der Waals surface area contributed by atoms with E-state index < -0.39 is 30.1 Å². The predicted octanol–water partition coefficient (Wildman–Crippen LogP) is 2.02. The van der Waals surface area contributed by atoms with Gasteiger partial charge in [0.2, 0.25) is 5.91 Å². The van der Waals surface area contributed by atoms with E-state index >= 15 is 0 Å². The summed E-state index contributed by atoms with van der Waals surface area (Å²) in [5, 5.41) is 2.50. The first kappa shape index (κ1) is 22.4. The number of esters is 1. The highest BCUT2D eigenvalue weighted by atomic mass is 35.5. The summed E-state index contributed by atoms with van der Waals surface area (Å²) in [4.78, 5) is 27.7. The number of carbonyl (C=O) groups is 2. The maximum absolute atomic E-state index is 12.1. The predicted molar refractivity (Wildman–Crippen MR) is 104 cm³/mol. The van der Waals surface area contributed by atoms with Crippen molar-refractivity contribution in [3.8, 4) is 5.75 Å². The van der Waals surface area contributed by atoms with Gasteiger partial charge in [0.1, 0.15) is 18.4 Å². The number of hydrogen-bond acceptors (Lipinski definition) is 6. The molecule has 3 N–H and O–H groups in total. The van der Waals surface area contributed by atoms with Crippen molar-refractivity contribution in [3.63, 3.8) is 0 Å². The van der Waals surface area contributed by atoms with Gasteiger partial charge in [-0.05, 0) is 43.7 Å². The van der Waals surface area contributed by atoms with E-state index in [1.54, 1.807) is 38.4 Å². The smallest absolute Gasteiger partial charge is 0.328 e. The summed E-state index contributed by atoms with van der Waals surface area (Å²) >= 11 is 0. The number of nitrogens with two attached hydrogens (primary N) is 1. The summed E-state index contributed by atoms with van der Waals surface area (Å²) < 4.78 is 11.3. The molecule has 1 amide bonds. The van der Waals surface area contributed by atoms with E-state index in [0.29, 0.717) is 5.75 Å². The van der Waals surface area contributed by atoms with Crippen LogP contribution in [0.1, 0.15) is 25.5 Å². The first-order valence-electron chi connectivity index (χ1n) is 8.31. The zero-order chi connectivity index (χ0) is 18.9. The molecular weight excluding hydrogens is 370 g/mol. The molecule has 0 saturated heterocycles. The number of ether oxygens (including phenoxy) is 2. The first-order valence-corrected chi connectivity index (χ1v) is 8.31. The third-order valence-corrected chi connectivity index (χ3v) is 3.60. The summed E-state index contributed by atoms with van der Waals surface area (Å²) in [6.07, 6.45) is 2.79. The van der Waals surface area contributed by atoms with Crippen molar-refractivity contribution in [2.75, 3.05) is 6.61 Å². The van der Waals surface area contributed by atoms with Gasteiger partial charge in [0, 0.05) is 12.4 Å². The van der Waals surface area contributed by atoms with Crippen LogP contribution < -0.4 is 15.8 Å². The van der Waals surface area contributed by atoms with Crippen LogP contribution in [0.4, 0.5) is 0 Å². The molecule has 1 aromatic carbocycles. The van der Waals surface area contributed by atoms with Crippen LogP contribution in [0.25, 0.3) is 0 Å². The molecule has 2 aromatic rings. The van der Waals surface area contributed by atoms with Crippen LogP contribution in [0.2, 0.25) is 0 Å². The van der Waals surface area contributed by atoms with E-state index in [1.807, 2.05) is 30.3 Å². The van der Waals surface area contributed by atoms with Gasteiger partial charge in [0.25, 0.3) is 0 Å². The Kier molecular flexibility index (Phi) is 9.25. The quantitative estimate of drug-likeness (QED) is 0.665. The molecule has 1 unspecified atom stereocenters. The van der Waals surface area contributed by atoms with Crippen LogP contribution in [0, 0.1) is 0 Å². The Morgan fingerprint density at radius 1 is 1.11 bits per heavy atom. The van der Waals surface area contributed by atoms with Gasteiger partial charge in [0.15, 0.2) is 6.10 Å². The number of nitrogens with zero attached hydrogens (tertiary/aromatic N) is 1. The van der Waals surface area contributed by atoms with E-state index in [9.17, 15) is 9.59 Å². The number of aromatic nitrogens is 1. The van der Waals surface area contributed by atoms with Crippen molar-refractivity contribution in [2.45, 2.75) is 32.0 Å². The lowest BCUT2D eigenvalue weighted by Gasteiger charge is -2.21. The van der Waals surface area contributed by atoms with Crippen LogP contribution >= 0.6 is 12.4 Å². The Morgan fingerprint density at radius 2 is 1.74 bits per heavy atom. The number of hydrogen-bond donors (Lipinski definition) is 2. The molecular formula is C19H24ClN3O4. The Balaban J connectivity index is 0.00000364. The molecule has 2 rings (SSSR count). The normalized spacial score (nSPS) is 13.4. The van der Waals surface area contributed by atoms with Crippen molar-refractivity contribution < 1.29 is 19.1 Å². The number of carbonyl (C=O) groups excluding carboxylic acids is 2. The lowest BCUT2D eigenvalue weighted by Crippen LogP contribution is -2.46. The van der Waals surface area contributed by atoms with Crippen LogP contribution in [0.3, 0.4) is 0 Å². The number of amides is 1. The van der Waals surface area contributed by atoms with Crippen LogP contribution in [0.15, 0.2) is 54.9 Å². The van der Waals surface area contributed by atoms with Gasteiger partial charge in [0.05, 0.1) is 6.04 Å². The van der Waals surface area contributed by atoms with Crippen molar-refractivity contribution >= 4 is 24.3 Å². The maximum Gasteiger partial charge on any atom is 0.328 e. The van der Waals surface area contributed by atoms with Gasteiger partial charge < -0.3 is 20.5 Å². The lowest BCUT2D eigenvalue weighted by atomic mass is 10.1. The molecule has 3 atom stereocenters. The standard InChI is InChI=1S/C19H23N3O4.ClH/c1-13(20)18(23)22-14(2)19(24)25-12-17(15-8-10-21-11-9-15)26-16-6-4-3-5-7-16;/h3-11,13-14,17H,12,20H2,1-2H3,(H,22,23);1H/t13-,14-,17?;/m0./s1. The van der Waals surface area contributed by atoms with Crippen molar-refractivity contribution in [1.82, 2.24) is 10.3 Å². The van der Waals surface area contributed by atoms with Crippen molar-refractivity contribution in [1.29, 1.82) is 0 Å². The maximum atomic E-state index is 12.1. The van der Waals surface area contributed by atoms with E-state index in [-0.39, 0.29) is 19.0 Å². The third kappa shape index (κ3) is 7.24. The molecule has 1 aromatic heterocycles. The van der Waals surface area contributed by atoms with Crippen LogP contribution in [-0.4, -0.2) is 35.6 Å². The number of benzene rings is 1. The SMILES string of the molecule is C[C@H](N)C(=O)N[C@@H](C)C(=O)OCC(Oc1ccccc1)c1ccncc1.Cl. The van der Waals surface area contributed by atoms with Crippen molar-refractivity contribution in [2.24, 2.45) is 5.73 Å². The highest BCUT2D eigenvalue weighted by Gasteiger charge is 2.22. The summed E-state index contributed by atoms with van der Waals surface area (Å²) in [6.45, 7) is 3.08. The average molecular weight is 394 g/mol. The summed E-state index contributed by atoms with van der Waals surface area (Å²) in [5.74, 6) is -0.320.